The van der Waals surface area contributed by atoms with Gasteiger partial charge in [-0.05, 0) is 13.3 Å². The highest BCUT2D eigenvalue weighted by Crippen LogP contribution is 2.14. The molecule has 2 aliphatic rings. The Labute approximate surface area is 114 Å². The summed E-state index contributed by atoms with van der Waals surface area (Å²) >= 11 is 0. The summed E-state index contributed by atoms with van der Waals surface area (Å²) < 4.78 is 5.10. The molecule has 0 spiro atoms. The van der Waals surface area contributed by atoms with Crippen molar-refractivity contribution < 1.29 is 14.6 Å². The molecule has 3 unspecified atom stereocenters. The van der Waals surface area contributed by atoms with Crippen molar-refractivity contribution in [2.75, 3.05) is 46.4 Å². The van der Waals surface area contributed by atoms with Crippen LogP contribution in [0.25, 0.3) is 0 Å². The molecule has 3 atom stereocenters. The van der Waals surface area contributed by atoms with Crippen molar-refractivity contribution in [1.82, 2.24) is 15.1 Å². The Balaban J connectivity index is 1.82. The first-order valence-electron chi connectivity index (χ1n) is 7.05. The Morgan fingerprint density at radius 2 is 2.26 bits per heavy atom. The molecule has 0 aliphatic carbocycles. The smallest absolute Gasteiger partial charge is 0.239 e. The normalized spacial score (nSPS) is 32.8. The van der Waals surface area contributed by atoms with E-state index in [1.165, 1.54) is 0 Å². The third kappa shape index (κ3) is 3.66. The van der Waals surface area contributed by atoms with E-state index in [1.807, 2.05) is 4.90 Å². The number of ether oxygens (including phenoxy) is 1. The van der Waals surface area contributed by atoms with Crippen molar-refractivity contribution >= 4 is 5.91 Å². The summed E-state index contributed by atoms with van der Waals surface area (Å²) in [7, 11) is 1.71. The van der Waals surface area contributed by atoms with Crippen LogP contribution in [0.1, 0.15) is 13.3 Å². The predicted octanol–water partition coefficient (Wildman–Crippen LogP) is -1.11. The second-order valence-corrected chi connectivity index (χ2v) is 5.51. The Morgan fingerprint density at radius 1 is 1.47 bits per heavy atom. The number of carbonyl (C=O) groups excluding carboxylic acids is 1. The van der Waals surface area contributed by atoms with Gasteiger partial charge in [0.25, 0.3) is 0 Å². The van der Waals surface area contributed by atoms with Gasteiger partial charge in [0.1, 0.15) is 0 Å². The predicted molar refractivity (Wildman–Crippen MR) is 71.9 cm³/mol. The number of hydrogen-bond donors (Lipinski definition) is 2. The van der Waals surface area contributed by atoms with Crippen molar-refractivity contribution in [1.29, 1.82) is 0 Å². The third-order valence-electron chi connectivity index (χ3n) is 4.07. The van der Waals surface area contributed by atoms with Crippen molar-refractivity contribution in [2.45, 2.75) is 31.5 Å². The number of nitrogens with zero attached hydrogens (tertiary/aromatic N) is 2. The summed E-state index contributed by atoms with van der Waals surface area (Å²) in [6.45, 7) is 6.74. The highest BCUT2D eigenvalue weighted by molar-refractivity contribution is 5.82. The van der Waals surface area contributed by atoms with Crippen LogP contribution in [0.5, 0.6) is 0 Å². The summed E-state index contributed by atoms with van der Waals surface area (Å²) in [6.07, 6.45) is 0.159. The molecule has 0 aromatic heterocycles. The lowest BCUT2D eigenvalue weighted by Gasteiger charge is -2.40. The van der Waals surface area contributed by atoms with Crippen LogP contribution < -0.4 is 5.32 Å². The van der Waals surface area contributed by atoms with Crippen LogP contribution in [0.15, 0.2) is 0 Å². The monoisotopic (exact) mass is 271 g/mol. The van der Waals surface area contributed by atoms with E-state index in [2.05, 4.69) is 17.1 Å². The molecule has 0 saturated carbocycles. The number of nitrogens with one attached hydrogen (secondary N) is 1. The fourth-order valence-corrected chi connectivity index (χ4v) is 2.86. The molecule has 1 amide bonds. The van der Waals surface area contributed by atoms with Gasteiger partial charge in [0.2, 0.25) is 5.91 Å². The molecule has 2 aliphatic heterocycles. The summed E-state index contributed by atoms with van der Waals surface area (Å²) in [5.74, 6) is 0.134. The minimum atomic E-state index is -0.380. The maximum atomic E-state index is 12.3. The topological polar surface area (TPSA) is 65.0 Å². The summed E-state index contributed by atoms with van der Waals surface area (Å²) in [6, 6.07) is 0.159. The molecule has 0 bridgehead atoms. The van der Waals surface area contributed by atoms with Crippen molar-refractivity contribution in [3.63, 3.8) is 0 Å². The van der Waals surface area contributed by atoms with Gasteiger partial charge >= 0.3 is 0 Å². The van der Waals surface area contributed by atoms with E-state index in [0.717, 1.165) is 32.8 Å². The maximum Gasteiger partial charge on any atom is 0.239 e. The Kier molecular flexibility index (Phi) is 5.15. The van der Waals surface area contributed by atoms with Crippen molar-refractivity contribution in [3.8, 4) is 0 Å². The van der Waals surface area contributed by atoms with Gasteiger partial charge in [-0.1, -0.05) is 0 Å². The van der Waals surface area contributed by atoms with Gasteiger partial charge in [-0.25, -0.2) is 0 Å². The van der Waals surface area contributed by atoms with Crippen LogP contribution in [0.4, 0.5) is 0 Å². The summed E-state index contributed by atoms with van der Waals surface area (Å²) in [5, 5.41) is 12.6. The van der Waals surface area contributed by atoms with Gasteiger partial charge in [-0.2, -0.15) is 0 Å². The standard InChI is InChI=1S/C13H25N3O3/c1-10-9-16(4-3-15(10)5-6-19-2)13(18)12-7-11(17)8-14-12/h10-12,14,17H,3-9H2,1-2H3. The Morgan fingerprint density at radius 3 is 2.84 bits per heavy atom. The van der Waals surface area contributed by atoms with Gasteiger partial charge in [-0.15, -0.1) is 0 Å². The van der Waals surface area contributed by atoms with E-state index >= 15 is 0 Å². The number of aliphatic hydroxyl groups is 1. The molecule has 110 valence electrons. The largest absolute Gasteiger partial charge is 0.392 e. The number of aliphatic hydroxyl groups excluding tert-OH is 1. The molecular formula is C13H25N3O3. The minimum absolute atomic E-state index is 0.134. The maximum absolute atomic E-state index is 12.3. The molecule has 0 aromatic rings. The number of carbonyl (C=O) groups is 1. The van der Waals surface area contributed by atoms with Gasteiger partial charge < -0.3 is 20.1 Å². The Bertz CT molecular complexity index is 314. The SMILES string of the molecule is COCCN1CCN(C(=O)C2CC(O)CN2)CC1C. The molecule has 0 radical (unpaired) electrons. The van der Waals surface area contributed by atoms with E-state index in [-0.39, 0.29) is 18.1 Å². The van der Waals surface area contributed by atoms with Gasteiger partial charge in [-0.3, -0.25) is 9.69 Å². The molecular weight excluding hydrogens is 246 g/mol. The summed E-state index contributed by atoms with van der Waals surface area (Å²) in [4.78, 5) is 16.6. The molecule has 2 saturated heterocycles. The number of rotatable bonds is 4. The van der Waals surface area contributed by atoms with Crippen LogP contribution in [0, 0.1) is 0 Å². The van der Waals surface area contributed by atoms with Gasteiger partial charge in [0, 0.05) is 45.9 Å². The van der Waals surface area contributed by atoms with E-state index in [4.69, 9.17) is 4.74 Å². The van der Waals surface area contributed by atoms with E-state index in [9.17, 15) is 9.90 Å². The quantitative estimate of drug-likeness (QED) is 0.679. The number of β-amino-alcohol motifs (C(OH)–C–C–N with tert-alkyl or cyclic N) is 1. The van der Waals surface area contributed by atoms with Crippen molar-refractivity contribution in [2.24, 2.45) is 0 Å². The Hall–Kier alpha value is -0.690. The molecule has 6 nitrogen and oxygen atoms in total. The van der Waals surface area contributed by atoms with E-state index in [0.29, 0.717) is 19.0 Å². The average Bonchev–Trinajstić information content (AvgIpc) is 2.83. The number of methoxy groups -OCH3 is 1. The number of piperazine rings is 1. The zero-order chi connectivity index (χ0) is 13.8. The molecule has 2 fully saturated rings. The molecule has 19 heavy (non-hydrogen) atoms. The van der Waals surface area contributed by atoms with E-state index < -0.39 is 0 Å². The lowest BCUT2D eigenvalue weighted by molar-refractivity contribution is -0.136. The zero-order valence-electron chi connectivity index (χ0n) is 11.8. The van der Waals surface area contributed by atoms with E-state index in [1.54, 1.807) is 7.11 Å². The molecule has 2 rings (SSSR count). The van der Waals surface area contributed by atoms with Gasteiger partial charge in [0.05, 0.1) is 18.8 Å². The summed E-state index contributed by atoms with van der Waals surface area (Å²) in [5.41, 5.74) is 0. The molecule has 0 aromatic carbocycles. The molecule has 6 heteroatoms. The van der Waals surface area contributed by atoms with Crippen LogP contribution in [-0.4, -0.2) is 85.4 Å². The third-order valence-corrected chi connectivity index (χ3v) is 4.07. The second-order valence-electron chi connectivity index (χ2n) is 5.51. The highest BCUT2D eigenvalue weighted by Gasteiger charge is 2.34. The van der Waals surface area contributed by atoms with Crippen LogP contribution in [0.2, 0.25) is 0 Å². The number of hydrogen-bond acceptors (Lipinski definition) is 5. The minimum Gasteiger partial charge on any atom is -0.392 e. The first-order valence-corrected chi connectivity index (χ1v) is 7.05. The fourth-order valence-electron chi connectivity index (χ4n) is 2.86. The first-order chi connectivity index (χ1) is 9.11. The lowest BCUT2D eigenvalue weighted by Crippen LogP contribution is -2.57. The highest BCUT2D eigenvalue weighted by atomic mass is 16.5. The zero-order valence-corrected chi connectivity index (χ0v) is 11.8. The van der Waals surface area contributed by atoms with Crippen molar-refractivity contribution in [3.05, 3.63) is 0 Å². The van der Waals surface area contributed by atoms with Crippen LogP contribution in [0.3, 0.4) is 0 Å². The fraction of sp³-hybridized carbons (Fsp3) is 0.923. The second kappa shape index (κ2) is 6.65. The van der Waals surface area contributed by atoms with Crippen LogP contribution in [-0.2, 0) is 9.53 Å². The lowest BCUT2D eigenvalue weighted by atomic mass is 10.1. The average molecular weight is 271 g/mol. The van der Waals surface area contributed by atoms with Crippen LogP contribution >= 0.6 is 0 Å². The first kappa shape index (κ1) is 14.7. The molecule has 2 N–H and O–H groups in total. The van der Waals surface area contributed by atoms with Gasteiger partial charge in [0.15, 0.2) is 0 Å². The molecule has 2 heterocycles. The number of amides is 1.